The van der Waals surface area contributed by atoms with E-state index >= 15 is 0 Å². The molecule has 0 aromatic rings. The van der Waals surface area contributed by atoms with Crippen molar-refractivity contribution in [2.45, 2.75) is 182 Å². The molecule has 0 aliphatic rings. The Morgan fingerprint density at radius 2 is 0.559 bits per heavy atom. The van der Waals surface area contributed by atoms with Gasteiger partial charge in [-0.3, -0.25) is 0 Å². The van der Waals surface area contributed by atoms with Crippen LogP contribution in [0.25, 0.3) is 0 Å². The highest BCUT2D eigenvalue weighted by Gasteiger charge is 2.18. The molecule has 3 nitrogen and oxygen atoms in total. The highest BCUT2D eigenvalue weighted by molar-refractivity contribution is 7.33. The quantitative estimate of drug-likeness (QED) is 0.0825. The Hall–Kier alpha value is 0.0200. The summed E-state index contributed by atoms with van der Waals surface area (Å²) in [6.07, 6.45) is 31.7. The molecule has 0 aliphatic carbocycles. The van der Waals surface area contributed by atoms with E-state index in [1.54, 1.807) is 0 Å². The average Bonchev–Trinajstić information content (AvgIpc) is 2.84. The zero-order chi connectivity index (χ0) is 25.4. The highest BCUT2D eigenvalue weighted by atomic mass is 31.1. The topological polar surface area (TPSA) is 35.5 Å². The molecule has 0 atom stereocenters. The van der Waals surface area contributed by atoms with Crippen molar-refractivity contribution in [3.8, 4) is 0 Å². The Morgan fingerprint density at radius 1 is 0.353 bits per heavy atom. The fraction of sp³-hybridized carbons (Fsp3) is 1.00. The minimum absolute atomic E-state index is 0.571. The van der Waals surface area contributed by atoms with Crippen LogP contribution in [0.3, 0.4) is 0 Å². The van der Waals surface area contributed by atoms with Gasteiger partial charge in [0.1, 0.15) is 13.2 Å². The molecular weight excluding hydrogens is 439 g/mol. The van der Waals surface area contributed by atoms with Crippen molar-refractivity contribution in [2.24, 2.45) is 0 Å². The van der Waals surface area contributed by atoms with Gasteiger partial charge in [0, 0.05) is 4.57 Å². The van der Waals surface area contributed by atoms with Gasteiger partial charge >= 0.3 is 8.25 Å². The maximum absolute atomic E-state index is 11.6. The molecule has 0 heterocycles. The van der Waals surface area contributed by atoms with E-state index in [-0.39, 0.29) is 0 Å². The minimum Gasteiger partial charge on any atom is -0.119 e. The van der Waals surface area contributed by atoms with Crippen LogP contribution in [0.15, 0.2) is 0 Å². The van der Waals surface area contributed by atoms with Crippen LogP contribution < -0.4 is 0 Å². The monoisotopic (exact) mass is 503 g/mol. The number of unbranched alkanes of at least 4 members (excludes halogenated alkanes) is 21. The minimum atomic E-state index is -1.90. The normalized spacial score (nSPS) is 10.8. The van der Waals surface area contributed by atoms with Gasteiger partial charge in [-0.2, -0.15) is 0 Å². The van der Waals surface area contributed by atoms with Crippen molar-refractivity contribution in [3.63, 3.8) is 0 Å². The van der Waals surface area contributed by atoms with Crippen molar-refractivity contribution < 1.29 is 13.6 Å². The van der Waals surface area contributed by atoms with E-state index < -0.39 is 8.25 Å². The van der Waals surface area contributed by atoms with Crippen LogP contribution in [0.2, 0.25) is 0 Å². The smallest absolute Gasteiger partial charge is 0.119 e. The second kappa shape index (κ2) is 35.2. The van der Waals surface area contributed by atoms with Crippen LogP contribution in [0.1, 0.15) is 182 Å². The molecule has 0 radical (unpaired) electrons. The summed E-state index contributed by atoms with van der Waals surface area (Å²) in [5, 5.41) is 0. The number of rotatable bonds is 27. The molecule has 0 amide bonds. The molecule has 0 unspecified atom stereocenters. The predicted molar refractivity (Wildman–Crippen MR) is 153 cm³/mol. The van der Waals surface area contributed by atoms with Crippen molar-refractivity contribution in [1.29, 1.82) is 0 Å². The van der Waals surface area contributed by atoms with Gasteiger partial charge in [-0.05, 0) is 12.8 Å². The van der Waals surface area contributed by atoms with E-state index in [4.69, 9.17) is 9.05 Å². The fourth-order valence-corrected chi connectivity index (χ4v) is 4.63. The number of hydrogen-bond donors (Lipinski definition) is 0. The Balaban J connectivity index is 0. The molecule has 0 fully saturated rings. The summed E-state index contributed by atoms with van der Waals surface area (Å²) in [4.78, 5) is 0. The van der Waals surface area contributed by atoms with E-state index in [0.29, 0.717) is 13.2 Å². The van der Waals surface area contributed by atoms with E-state index in [2.05, 4.69) is 27.7 Å². The summed E-state index contributed by atoms with van der Waals surface area (Å²) in [5.41, 5.74) is 0. The summed E-state index contributed by atoms with van der Waals surface area (Å²) in [6, 6.07) is 0. The van der Waals surface area contributed by atoms with Gasteiger partial charge in [-0.1, -0.05) is 169 Å². The van der Waals surface area contributed by atoms with Crippen LogP contribution >= 0.6 is 8.25 Å². The zero-order valence-electron chi connectivity index (χ0n) is 24.1. The van der Waals surface area contributed by atoms with Crippen LogP contribution in [0, 0.1) is 0 Å². The second-order valence-corrected chi connectivity index (χ2v) is 10.9. The molecule has 0 bridgehead atoms. The van der Waals surface area contributed by atoms with Crippen LogP contribution in [-0.2, 0) is 13.6 Å². The molecule has 0 rings (SSSR count). The number of hydrogen-bond acceptors (Lipinski definition) is 3. The first-order chi connectivity index (χ1) is 16.7. The summed E-state index contributed by atoms with van der Waals surface area (Å²) in [7, 11) is -1.90. The molecule has 206 valence electrons. The van der Waals surface area contributed by atoms with Crippen molar-refractivity contribution in [2.75, 3.05) is 13.2 Å². The zero-order valence-corrected chi connectivity index (χ0v) is 25.0. The largest absolute Gasteiger partial charge is 0.697 e. The van der Waals surface area contributed by atoms with Crippen molar-refractivity contribution >= 4 is 8.25 Å². The van der Waals surface area contributed by atoms with E-state index in [9.17, 15) is 4.57 Å². The standard InChI is InChI=1S/C20H42O3P.C10H22/c1-3-5-7-9-11-13-15-17-19-22-24(21)23-20-18-16-14-12-10-8-6-4-2;1-3-5-7-9-10-8-6-4-2/h3-20H2,1-2H3;3-10H2,1-2H3/q+1;. The molecule has 0 aromatic carbocycles. The van der Waals surface area contributed by atoms with Crippen molar-refractivity contribution in [1.82, 2.24) is 0 Å². The van der Waals surface area contributed by atoms with Gasteiger partial charge in [0.05, 0.1) is 0 Å². The van der Waals surface area contributed by atoms with Crippen LogP contribution in [0.4, 0.5) is 0 Å². The van der Waals surface area contributed by atoms with Crippen LogP contribution in [0.5, 0.6) is 0 Å². The summed E-state index contributed by atoms with van der Waals surface area (Å²) in [6.45, 7) is 10.2. The molecule has 0 saturated carbocycles. The molecule has 4 heteroatoms. The fourth-order valence-electron chi connectivity index (χ4n) is 3.99. The third kappa shape index (κ3) is 36.6. The Morgan fingerprint density at radius 3 is 0.794 bits per heavy atom. The molecule has 0 saturated heterocycles. The Bertz CT molecular complexity index is 331. The van der Waals surface area contributed by atoms with Crippen molar-refractivity contribution in [3.05, 3.63) is 0 Å². The lowest BCUT2D eigenvalue weighted by atomic mass is 10.1. The third-order valence-electron chi connectivity index (χ3n) is 6.35. The van der Waals surface area contributed by atoms with Gasteiger partial charge < -0.3 is 0 Å². The molecule has 0 N–H and O–H groups in total. The van der Waals surface area contributed by atoms with Gasteiger partial charge in [0.15, 0.2) is 0 Å². The lowest BCUT2D eigenvalue weighted by molar-refractivity contribution is 0.218. The molecule has 0 aliphatic heterocycles. The maximum Gasteiger partial charge on any atom is 0.697 e. The molecule has 0 spiro atoms. The lowest BCUT2D eigenvalue weighted by Crippen LogP contribution is -1.92. The first-order valence-corrected chi connectivity index (χ1v) is 16.5. The maximum atomic E-state index is 11.6. The van der Waals surface area contributed by atoms with Gasteiger partial charge in [-0.15, -0.1) is 9.05 Å². The van der Waals surface area contributed by atoms with Crippen LogP contribution in [-0.4, -0.2) is 13.2 Å². The van der Waals surface area contributed by atoms with E-state index in [1.807, 2.05) is 0 Å². The highest BCUT2D eigenvalue weighted by Crippen LogP contribution is 2.25. The molecular formula is C30H64O3P+. The average molecular weight is 504 g/mol. The summed E-state index contributed by atoms with van der Waals surface area (Å²) >= 11 is 0. The van der Waals surface area contributed by atoms with Gasteiger partial charge in [0.2, 0.25) is 0 Å². The lowest BCUT2D eigenvalue weighted by Gasteiger charge is -2.00. The SMILES string of the molecule is CCCCCCCCCC.CCCCCCCCCCO[P+](=O)OCCCCCCCCCC. The summed E-state index contributed by atoms with van der Waals surface area (Å²) in [5.74, 6) is 0. The molecule has 34 heavy (non-hydrogen) atoms. The van der Waals surface area contributed by atoms with Gasteiger partial charge in [0.25, 0.3) is 0 Å². The summed E-state index contributed by atoms with van der Waals surface area (Å²) < 4.78 is 22.1. The van der Waals surface area contributed by atoms with Gasteiger partial charge in [-0.25, -0.2) is 0 Å². The predicted octanol–water partition coefficient (Wildman–Crippen LogP) is 12.1. The van der Waals surface area contributed by atoms with E-state index in [0.717, 1.165) is 12.8 Å². The first-order valence-electron chi connectivity index (χ1n) is 15.5. The first kappa shape index (κ1) is 36.2. The molecule has 0 aromatic heterocycles. The Kier molecular flexibility index (Phi) is 37.4. The third-order valence-corrected chi connectivity index (χ3v) is 7.13. The second-order valence-electron chi connectivity index (χ2n) is 9.96. The van der Waals surface area contributed by atoms with E-state index in [1.165, 1.54) is 141 Å². The Labute approximate surface area is 216 Å².